The highest BCUT2D eigenvalue weighted by atomic mass is 79.9. The highest BCUT2D eigenvalue weighted by molar-refractivity contribution is 9.10. The van der Waals surface area contributed by atoms with Crippen LogP contribution in [0.4, 0.5) is 0 Å². The van der Waals surface area contributed by atoms with Gasteiger partial charge < -0.3 is 0 Å². The predicted molar refractivity (Wildman–Crippen MR) is 53.5 cm³/mol. The molecule has 12 heavy (non-hydrogen) atoms. The Kier molecular flexibility index (Phi) is 1.85. The van der Waals surface area contributed by atoms with Gasteiger partial charge in [0.25, 0.3) is 0 Å². The van der Waals surface area contributed by atoms with Crippen molar-refractivity contribution in [1.82, 2.24) is 10.2 Å². The van der Waals surface area contributed by atoms with Crippen LogP contribution in [-0.2, 0) is 0 Å². The van der Waals surface area contributed by atoms with Crippen molar-refractivity contribution in [3.05, 3.63) is 27.3 Å². The van der Waals surface area contributed by atoms with Crippen LogP contribution in [0, 0.1) is 6.92 Å². The summed E-state index contributed by atoms with van der Waals surface area (Å²) in [5, 5.41) is 8.58. The molecule has 0 amide bonds. The lowest BCUT2D eigenvalue weighted by molar-refractivity contribution is 1.12. The maximum absolute atomic E-state index is 6.01. The Balaban J connectivity index is 2.97. The first-order chi connectivity index (χ1) is 5.70. The number of aromatic amines is 1. The summed E-state index contributed by atoms with van der Waals surface area (Å²) >= 11 is 9.38. The molecule has 0 saturated carbocycles. The monoisotopic (exact) mass is 244 g/mol. The zero-order chi connectivity index (χ0) is 8.72. The maximum atomic E-state index is 6.01. The van der Waals surface area contributed by atoms with Crippen LogP contribution in [0.1, 0.15) is 5.56 Å². The Labute approximate surface area is 83.0 Å². The molecule has 2 aromatic rings. The number of hydrogen-bond donors (Lipinski definition) is 1. The van der Waals surface area contributed by atoms with E-state index in [1.807, 2.05) is 19.2 Å². The third-order valence-electron chi connectivity index (χ3n) is 1.83. The van der Waals surface area contributed by atoms with E-state index < -0.39 is 0 Å². The standard InChI is InChI=1S/C8H6BrClN2/c1-4-2-6(9)7(10)8-5(4)3-11-12-8/h2-3H,1H3,(H,11,12). The van der Waals surface area contributed by atoms with Crippen LogP contribution < -0.4 is 0 Å². The second-order valence-electron chi connectivity index (χ2n) is 2.64. The Hall–Kier alpha value is -0.540. The fourth-order valence-corrected chi connectivity index (χ4v) is 1.93. The van der Waals surface area contributed by atoms with Crippen LogP contribution >= 0.6 is 27.5 Å². The van der Waals surface area contributed by atoms with Gasteiger partial charge in [-0.1, -0.05) is 11.6 Å². The molecule has 0 unspecified atom stereocenters. The Morgan fingerprint density at radius 2 is 2.33 bits per heavy atom. The van der Waals surface area contributed by atoms with E-state index in [4.69, 9.17) is 11.6 Å². The number of hydrogen-bond acceptors (Lipinski definition) is 1. The number of fused-ring (bicyclic) bond motifs is 1. The molecule has 2 rings (SSSR count). The van der Waals surface area contributed by atoms with E-state index in [1.165, 1.54) is 0 Å². The molecule has 0 aliphatic rings. The molecule has 4 heteroatoms. The van der Waals surface area contributed by atoms with Crippen molar-refractivity contribution in [2.24, 2.45) is 0 Å². The molecule has 1 N–H and O–H groups in total. The number of rotatable bonds is 0. The third-order valence-corrected chi connectivity index (χ3v) is 3.06. The fourth-order valence-electron chi connectivity index (χ4n) is 1.20. The van der Waals surface area contributed by atoms with E-state index >= 15 is 0 Å². The second-order valence-corrected chi connectivity index (χ2v) is 3.87. The van der Waals surface area contributed by atoms with Gasteiger partial charge in [-0.2, -0.15) is 5.10 Å². The molecular weight excluding hydrogens is 239 g/mol. The number of halogens is 2. The molecule has 2 nitrogen and oxygen atoms in total. The minimum Gasteiger partial charge on any atom is -0.284 e. The van der Waals surface area contributed by atoms with Gasteiger partial charge in [-0.05, 0) is 34.5 Å². The summed E-state index contributed by atoms with van der Waals surface area (Å²) < 4.78 is 0.890. The first kappa shape index (κ1) is 8.08. The quantitative estimate of drug-likeness (QED) is 0.758. The normalized spacial score (nSPS) is 10.9. The maximum Gasteiger partial charge on any atom is 0.112 e. The Morgan fingerprint density at radius 3 is 3.08 bits per heavy atom. The van der Waals surface area contributed by atoms with E-state index in [9.17, 15) is 0 Å². The van der Waals surface area contributed by atoms with Gasteiger partial charge in [0.1, 0.15) is 5.52 Å². The van der Waals surface area contributed by atoms with Gasteiger partial charge in [0, 0.05) is 16.1 Å². The minimum atomic E-state index is 0.664. The van der Waals surface area contributed by atoms with Crippen molar-refractivity contribution in [2.45, 2.75) is 6.92 Å². The summed E-state index contributed by atoms with van der Waals surface area (Å²) in [6.07, 6.45) is 1.85. The van der Waals surface area contributed by atoms with Crippen molar-refractivity contribution >= 4 is 38.4 Å². The van der Waals surface area contributed by atoms with Gasteiger partial charge in [0.05, 0.1) is 5.02 Å². The van der Waals surface area contributed by atoms with Crippen LogP contribution in [0.3, 0.4) is 0 Å². The van der Waals surface area contributed by atoms with Crippen LogP contribution in [0.25, 0.3) is 10.9 Å². The van der Waals surface area contributed by atoms with E-state index in [0.29, 0.717) is 5.02 Å². The SMILES string of the molecule is Cc1cc(Br)c(Cl)c2n[nH]cc12. The van der Waals surface area contributed by atoms with Gasteiger partial charge in [0.15, 0.2) is 0 Å². The van der Waals surface area contributed by atoms with Crippen molar-refractivity contribution in [3.8, 4) is 0 Å². The van der Waals surface area contributed by atoms with Crippen LogP contribution in [0.15, 0.2) is 16.7 Å². The molecule has 1 aromatic carbocycles. The largest absolute Gasteiger partial charge is 0.284 e. The molecule has 0 fully saturated rings. The lowest BCUT2D eigenvalue weighted by Gasteiger charge is -1.99. The minimum absolute atomic E-state index is 0.664. The van der Waals surface area contributed by atoms with Crippen molar-refractivity contribution in [3.63, 3.8) is 0 Å². The van der Waals surface area contributed by atoms with Gasteiger partial charge in [-0.15, -0.1) is 0 Å². The smallest absolute Gasteiger partial charge is 0.112 e. The predicted octanol–water partition coefficient (Wildman–Crippen LogP) is 3.29. The summed E-state index contributed by atoms with van der Waals surface area (Å²) in [6, 6.07) is 1.99. The number of aromatic nitrogens is 2. The van der Waals surface area contributed by atoms with Gasteiger partial charge >= 0.3 is 0 Å². The van der Waals surface area contributed by atoms with Gasteiger partial charge in [0.2, 0.25) is 0 Å². The van der Waals surface area contributed by atoms with E-state index in [2.05, 4.69) is 26.1 Å². The average molecular weight is 246 g/mol. The molecule has 1 heterocycles. The van der Waals surface area contributed by atoms with E-state index in [-0.39, 0.29) is 0 Å². The Morgan fingerprint density at radius 1 is 1.58 bits per heavy atom. The molecule has 0 saturated heterocycles. The number of aryl methyl sites for hydroxylation is 1. The van der Waals surface area contributed by atoms with Crippen molar-refractivity contribution in [1.29, 1.82) is 0 Å². The topological polar surface area (TPSA) is 28.7 Å². The van der Waals surface area contributed by atoms with Crippen LogP contribution in [0.2, 0.25) is 5.02 Å². The molecule has 0 radical (unpaired) electrons. The first-order valence-electron chi connectivity index (χ1n) is 3.48. The molecule has 62 valence electrons. The van der Waals surface area contributed by atoms with Crippen molar-refractivity contribution in [2.75, 3.05) is 0 Å². The third kappa shape index (κ3) is 1.04. The van der Waals surface area contributed by atoms with Crippen LogP contribution in [-0.4, -0.2) is 10.2 Å². The number of nitrogens with zero attached hydrogens (tertiary/aromatic N) is 1. The summed E-state index contributed by atoms with van der Waals surface area (Å²) in [7, 11) is 0. The lowest BCUT2D eigenvalue weighted by atomic mass is 10.1. The molecular formula is C8H6BrClN2. The van der Waals surface area contributed by atoms with Gasteiger partial charge in [-0.25, -0.2) is 0 Å². The van der Waals surface area contributed by atoms with Crippen molar-refractivity contribution < 1.29 is 0 Å². The zero-order valence-electron chi connectivity index (χ0n) is 6.36. The molecule has 0 bridgehead atoms. The fraction of sp³-hybridized carbons (Fsp3) is 0.125. The molecule has 0 spiro atoms. The number of H-pyrrole nitrogens is 1. The molecule has 0 aliphatic heterocycles. The Bertz CT molecular complexity index is 436. The summed E-state index contributed by atoms with van der Waals surface area (Å²) in [5.74, 6) is 0. The molecule has 0 aliphatic carbocycles. The van der Waals surface area contributed by atoms with E-state index in [1.54, 1.807) is 0 Å². The lowest BCUT2D eigenvalue weighted by Crippen LogP contribution is -1.78. The van der Waals surface area contributed by atoms with Crippen LogP contribution in [0.5, 0.6) is 0 Å². The second kappa shape index (κ2) is 2.75. The number of nitrogens with one attached hydrogen (secondary N) is 1. The zero-order valence-corrected chi connectivity index (χ0v) is 8.70. The average Bonchev–Trinajstić information content (AvgIpc) is 2.48. The molecule has 1 aromatic heterocycles. The highest BCUT2D eigenvalue weighted by Gasteiger charge is 2.07. The first-order valence-corrected chi connectivity index (χ1v) is 4.65. The molecule has 0 atom stereocenters. The van der Waals surface area contributed by atoms with E-state index in [0.717, 1.165) is 20.9 Å². The number of benzene rings is 1. The highest BCUT2D eigenvalue weighted by Crippen LogP contribution is 2.31. The summed E-state index contributed by atoms with van der Waals surface area (Å²) in [4.78, 5) is 0. The van der Waals surface area contributed by atoms with Gasteiger partial charge in [-0.3, -0.25) is 5.10 Å². The summed E-state index contributed by atoms with van der Waals surface area (Å²) in [5.41, 5.74) is 1.98. The summed E-state index contributed by atoms with van der Waals surface area (Å²) in [6.45, 7) is 2.03.